The molecular formula is C11H22N4O. The van der Waals surface area contributed by atoms with Gasteiger partial charge >= 0.3 is 0 Å². The average Bonchev–Trinajstić information content (AvgIpc) is 2.58. The van der Waals surface area contributed by atoms with Crippen molar-refractivity contribution in [1.82, 2.24) is 9.80 Å². The Balaban J connectivity index is 1.92. The smallest absolute Gasteiger partial charge is 0.227 e. The number of hydrogen-bond acceptors (Lipinski definition) is 4. The topological polar surface area (TPSA) is 75.6 Å². The molecule has 1 unspecified atom stereocenters. The second-order valence-corrected chi connectivity index (χ2v) is 5.17. The fourth-order valence-corrected chi connectivity index (χ4v) is 2.66. The molecule has 0 aliphatic carbocycles. The largest absolute Gasteiger partial charge is 0.339 e. The number of rotatable bonds is 1. The zero-order valence-corrected chi connectivity index (χ0v) is 9.93. The van der Waals surface area contributed by atoms with E-state index >= 15 is 0 Å². The molecule has 1 amide bonds. The van der Waals surface area contributed by atoms with Crippen LogP contribution >= 0.6 is 0 Å². The number of hydrogen-bond donors (Lipinski definition) is 2. The summed E-state index contributed by atoms with van der Waals surface area (Å²) in [6.07, 6.45) is 2.11. The lowest BCUT2D eigenvalue weighted by Crippen LogP contribution is -2.43. The predicted molar refractivity (Wildman–Crippen MR) is 62.8 cm³/mol. The predicted octanol–water partition coefficient (Wildman–Crippen LogP) is -1.17. The maximum absolute atomic E-state index is 12.2. The molecule has 0 spiro atoms. The number of nitrogens with two attached hydrogens (primary N) is 2. The summed E-state index contributed by atoms with van der Waals surface area (Å²) >= 11 is 0. The van der Waals surface area contributed by atoms with E-state index in [0.717, 1.165) is 25.9 Å². The summed E-state index contributed by atoms with van der Waals surface area (Å²) in [7, 11) is 2.07. The SMILES string of the molecule is CN1CCCC(C(=O)N2C[C@@H](N)[C@@H](N)C2)C1. The minimum atomic E-state index is -0.0507. The maximum atomic E-state index is 12.2. The molecular weight excluding hydrogens is 204 g/mol. The monoisotopic (exact) mass is 226 g/mol. The van der Waals surface area contributed by atoms with Gasteiger partial charge in [0.05, 0.1) is 5.92 Å². The van der Waals surface area contributed by atoms with Gasteiger partial charge in [0, 0.05) is 31.7 Å². The molecule has 92 valence electrons. The van der Waals surface area contributed by atoms with Crippen molar-refractivity contribution in [2.24, 2.45) is 17.4 Å². The Morgan fingerprint density at radius 1 is 1.19 bits per heavy atom. The third kappa shape index (κ3) is 2.36. The van der Waals surface area contributed by atoms with Crippen LogP contribution in [-0.4, -0.2) is 61.0 Å². The van der Waals surface area contributed by atoms with Crippen LogP contribution in [0.2, 0.25) is 0 Å². The molecule has 2 aliphatic heterocycles. The Hall–Kier alpha value is -0.650. The van der Waals surface area contributed by atoms with Crippen molar-refractivity contribution in [3.8, 4) is 0 Å². The lowest BCUT2D eigenvalue weighted by Gasteiger charge is -2.31. The van der Waals surface area contributed by atoms with E-state index in [-0.39, 0.29) is 23.9 Å². The van der Waals surface area contributed by atoms with Crippen molar-refractivity contribution < 1.29 is 4.79 Å². The zero-order chi connectivity index (χ0) is 11.7. The Bertz CT molecular complexity index is 254. The summed E-state index contributed by atoms with van der Waals surface area (Å²) in [6, 6.07) is -0.101. The molecule has 2 rings (SSSR count). The van der Waals surface area contributed by atoms with Crippen molar-refractivity contribution in [2.45, 2.75) is 24.9 Å². The second kappa shape index (κ2) is 4.69. The van der Waals surface area contributed by atoms with Crippen LogP contribution in [0.5, 0.6) is 0 Å². The van der Waals surface area contributed by atoms with E-state index in [9.17, 15) is 4.79 Å². The highest BCUT2D eigenvalue weighted by atomic mass is 16.2. The van der Waals surface area contributed by atoms with E-state index in [1.807, 2.05) is 4.90 Å². The first kappa shape index (κ1) is 11.8. The van der Waals surface area contributed by atoms with Crippen molar-refractivity contribution in [1.29, 1.82) is 0 Å². The van der Waals surface area contributed by atoms with Crippen molar-refractivity contribution in [2.75, 3.05) is 33.2 Å². The van der Waals surface area contributed by atoms with Gasteiger partial charge in [-0.3, -0.25) is 4.79 Å². The third-order valence-electron chi connectivity index (χ3n) is 3.70. The first-order valence-corrected chi connectivity index (χ1v) is 6.06. The molecule has 5 heteroatoms. The van der Waals surface area contributed by atoms with E-state index in [2.05, 4.69) is 11.9 Å². The van der Waals surface area contributed by atoms with Gasteiger partial charge in [-0.05, 0) is 26.4 Å². The van der Waals surface area contributed by atoms with Crippen LogP contribution in [0, 0.1) is 5.92 Å². The van der Waals surface area contributed by atoms with Crippen molar-refractivity contribution >= 4 is 5.91 Å². The summed E-state index contributed by atoms with van der Waals surface area (Å²) in [5, 5.41) is 0. The van der Waals surface area contributed by atoms with Crippen LogP contribution in [-0.2, 0) is 4.79 Å². The van der Waals surface area contributed by atoms with Gasteiger partial charge < -0.3 is 21.3 Å². The molecule has 2 saturated heterocycles. The van der Waals surface area contributed by atoms with Gasteiger partial charge in [0.15, 0.2) is 0 Å². The number of piperidine rings is 1. The first-order chi connectivity index (χ1) is 7.58. The van der Waals surface area contributed by atoms with Crippen LogP contribution < -0.4 is 11.5 Å². The van der Waals surface area contributed by atoms with Gasteiger partial charge in [0.1, 0.15) is 0 Å². The quantitative estimate of drug-likeness (QED) is 0.590. The highest BCUT2D eigenvalue weighted by molar-refractivity contribution is 5.79. The standard InChI is InChI=1S/C11H22N4O/c1-14-4-2-3-8(5-14)11(16)15-6-9(12)10(13)7-15/h8-10H,2-7,12-13H2,1H3/t8?,9-,10+. The van der Waals surface area contributed by atoms with E-state index in [1.54, 1.807) is 0 Å². The normalized spacial score (nSPS) is 36.7. The molecule has 0 aromatic rings. The summed E-state index contributed by atoms with van der Waals surface area (Å²) in [5.41, 5.74) is 11.7. The number of nitrogens with zero attached hydrogens (tertiary/aromatic N) is 2. The maximum Gasteiger partial charge on any atom is 0.227 e. The Kier molecular flexibility index (Phi) is 3.47. The second-order valence-electron chi connectivity index (χ2n) is 5.17. The lowest BCUT2D eigenvalue weighted by molar-refractivity contribution is -0.136. The van der Waals surface area contributed by atoms with Crippen molar-refractivity contribution in [3.05, 3.63) is 0 Å². The van der Waals surface area contributed by atoms with Gasteiger partial charge in [0.2, 0.25) is 5.91 Å². The number of carbonyl (C=O) groups is 1. The fraction of sp³-hybridized carbons (Fsp3) is 0.909. The molecule has 5 nitrogen and oxygen atoms in total. The number of amides is 1. The van der Waals surface area contributed by atoms with Gasteiger partial charge in [0.25, 0.3) is 0 Å². The molecule has 4 N–H and O–H groups in total. The van der Waals surface area contributed by atoms with Gasteiger partial charge in [-0.1, -0.05) is 0 Å². The fourth-order valence-electron chi connectivity index (χ4n) is 2.66. The number of carbonyl (C=O) groups excluding carboxylic acids is 1. The van der Waals surface area contributed by atoms with Gasteiger partial charge in [-0.15, -0.1) is 0 Å². The van der Waals surface area contributed by atoms with Gasteiger partial charge in [-0.25, -0.2) is 0 Å². The van der Waals surface area contributed by atoms with Crippen LogP contribution in [0.15, 0.2) is 0 Å². The molecule has 2 aliphatic rings. The lowest BCUT2D eigenvalue weighted by atomic mass is 9.97. The highest BCUT2D eigenvalue weighted by Gasteiger charge is 2.34. The zero-order valence-electron chi connectivity index (χ0n) is 9.93. The summed E-state index contributed by atoms with van der Waals surface area (Å²) in [5.74, 6) is 0.395. The first-order valence-electron chi connectivity index (χ1n) is 6.06. The summed E-state index contributed by atoms with van der Waals surface area (Å²) in [4.78, 5) is 16.3. The molecule has 0 saturated carbocycles. The molecule has 2 heterocycles. The third-order valence-corrected chi connectivity index (χ3v) is 3.70. The van der Waals surface area contributed by atoms with Crippen LogP contribution in [0.3, 0.4) is 0 Å². The van der Waals surface area contributed by atoms with E-state index in [0.29, 0.717) is 13.1 Å². The van der Waals surface area contributed by atoms with E-state index < -0.39 is 0 Å². The van der Waals surface area contributed by atoms with Crippen LogP contribution in [0.25, 0.3) is 0 Å². The van der Waals surface area contributed by atoms with Gasteiger partial charge in [-0.2, -0.15) is 0 Å². The molecule has 2 fully saturated rings. The minimum absolute atomic E-state index is 0.0507. The molecule has 0 aromatic carbocycles. The molecule has 3 atom stereocenters. The Morgan fingerprint density at radius 2 is 1.81 bits per heavy atom. The summed E-state index contributed by atoms with van der Waals surface area (Å²) < 4.78 is 0. The van der Waals surface area contributed by atoms with Crippen LogP contribution in [0.1, 0.15) is 12.8 Å². The van der Waals surface area contributed by atoms with Crippen LogP contribution in [0.4, 0.5) is 0 Å². The summed E-state index contributed by atoms with van der Waals surface area (Å²) in [6.45, 7) is 3.23. The van der Waals surface area contributed by atoms with Crippen molar-refractivity contribution in [3.63, 3.8) is 0 Å². The Morgan fingerprint density at radius 3 is 2.38 bits per heavy atom. The average molecular weight is 226 g/mol. The Labute approximate surface area is 96.7 Å². The van der Waals surface area contributed by atoms with E-state index in [4.69, 9.17) is 11.5 Å². The molecule has 0 radical (unpaired) electrons. The molecule has 16 heavy (non-hydrogen) atoms. The minimum Gasteiger partial charge on any atom is -0.339 e. The molecule has 0 aromatic heterocycles. The molecule has 0 bridgehead atoms. The van der Waals surface area contributed by atoms with E-state index in [1.165, 1.54) is 0 Å². The number of likely N-dealkylation sites (tertiary alicyclic amines) is 2. The highest BCUT2D eigenvalue weighted by Crippen LogP contribution is 2.19.